The first-order valence-electron chi connectivity index (χ1n) is 4.77. The minimum Gasteiger partial charge on any atom is -0.305 e. The maximum Gasteiger partial charge on any atom is 0.325 e. The lowest BCUT2D eigenvalue weighted by atomic mass is 10.2. The van der Waals surface area contributed by atoms with Crippen LogP contribution in [0.2, 0.25) is 0 Å². The molecule has 3 amide bonds. The Morgan fingerprint density at radius 3 is 2.76 bits per heavy atom. The van der Waals surface area contributed by atoms with Gasteiger partial charge in [-0.1, -0.05) is 6.07 Å². The quantitative estimate of drug-likeness (QED) is 0.818. The van der Waals surface area contributed by atoms with Crippen LogP contribution in [0.4, 0.5) is 14.9 Å². The number of hydrogen-bond donors (Lipinski definition) is 2. The predicted molar refractivity (Wildman–Crippen MR) is 58.5 cm³/mol. The summed E-state index contributed by atoms with van der Waals surface area (Å²) in [4.78, 5) is 22.1. The Labute approximate surface area is 97.2 Å². The van der Waals surface area contributed by atoms with E-state index in [9.17, 15) is 14.0 Å². The van der Waals surface area contributed by atoms with Gasteiger partial charge in [-0.15, -0.1) is 0 Å². The molecule has 6 heteroatoms. The fourth-order valence-corrected chi connectivity index (χ4v) is 1.12. The van der Waals surface area contributed by atoms with Gasteiger partial charge in [0.1, 0.15) is 12.2 Å². The van der Waals surface area contributed by atoms with E-state index in [0.717, 1.165) is 0 Å². The largest absolute Gasteiger partial charge is 0.325 e. The lowest BCUT2D eigenvalue weighted by Crippen LogP contribution is -2.34. The van der Waals surface area contributed by atoms with Crippen molar-refractivity contribution in [3.8, 4) is 6.07 Å². The molecule has 0 spiro atoms. The van der Waals surface area contributed by atoms with E-state index < -0.39 is 24.2 Å². The van der Waals surface area contributed by atoms with Crippen molar-refractivity contribution in [3.63, 3.8) is 0 Å². The first-order valence-corrected chi connectivity index (χ1v) is 4.77. The molecule has 2 N–H and O–H groups in total. The van der Waals surface area contributed by atoms with E-state index >= 15 is 0 Å². The van der Waals surface area contributed by atoms with Crippen molar-refractivity contribution in [3.05, 3.63) is 29.6 Å². The van der Waals surface area contributed by atoms with Gasteiger partial charge in [0.05, 0.1) is 11.8 Å². The number of imide groups is 1. The highest BCUT2D eigenvalue weighted by molar-refractivity contribution is 6.01. The van der Waals surface area contributed by atoms with Crippen molar-refractivity contribution in [1.82, 2.24) is 5.32 Å². The van der Waals surface area contributed by atoms with Crippen LogP contribution in [0, 0.1) is 24.1 Å². The summed E-state index contributed by atoms with van der Waals surface area (Å²) in [6, 6.07) is 4.99. The molecule has 5 nitrogen and oxygen atoms in total. The normalized spacial score (nSPS) is 9.24. The molecule has 88 valence electrons. The third kappa shape index (κ3) is 3.91. The Bertz CT molecular complexity index is 494. The number of nitrogens with one attached hydrogen (secondary N) is 2. The molecule has 0 radical (unpaired) electrons. The molecular formula is C11H10FN3O2. The summed E-state index contributed by atoms with van der Waals surface area (Å²) in [5.41, 5.74) is 0.687. The average Bonchev–Trinajstić information content (AvgIpc) is 2.22. The Morgan fingerprint density at radius 2 is 2.18 bits per heavy atom. The van der Waals surface area contributed by atoms with Crippen LogP contribution < -0.4 is 10.6 Å². The van der Waals surface area contributed by atoms with Gasteiger partial charge in [-0.2, -0.15) is 5.26 Å². The van der Waals surface area contributed by atoms with Crippen LogP contribution in [0.25, 0.3) is 0 Å². The van der Waals surface area contributed by atoms with Crippen molar-refractivity contribution in [1.29, 1.82) is 5.26 Å². The number of urea groups is 1. The van der Waals surface area contributed by atoms with E-state index in [1.54, 1.807) is 19.1 Å². The van der Waals surface area contributed by atoms with Gasteiger partial charge in [0.2, 0.25) is 5.91 Å². The van der Waals surface area contributed by atoms with Crippen LogP contribution in [0.1, 0.15) is 12.0 Å². The fraction of sp³-hybridized carbons (Fsp3) is 0.182. The molecule has 0 unspecified atom stereocenters. The molecule has 0 aliphatic carbocycles. The van der Waals surface area contributed by atoms with Crippen molar-refractivity contribution in [2.24, 2.45) is 0 Å². The summed E-state index contributed by atoms with van der Waals surface area (Å²) >= 11 is 0. The first-order chi connectivity index (χ1) is 8.02. The maximum atomic E-state index is 13.3. The van der Waals surface area contributed by atoms with Crippen LogP contribution in [0.15, 0.2) is 18.2 Å². The topological polar surface area (TPSA) is 82.0 Å². The van der Waals surface area contributed by atoms with Crippen molar-refractivity contribution >= 4 is 17.6 Å². The van der Waals surface area contributed by atoms with Gasteiger partial charge in [0.25, 0.3) is 0 Å². The number of carbonyl (C=O) groups is 2. The minimum absolute atomic E-state index is 0.0298. The molecule has 1 rings (SSSR count). The molecule has 0 heterocycles. The van der Waals surface area contributed by atoms with E-state index in [4.69, 9.17) is 5.26 Å². The summed E-state index contributed by atoms with van der Waals surface area (Å²) in [6.07, 6.45) is -0.427. The van der Waals surface area contributed by atoms with Gasteiger partial charge < -0.3 is 5.32 Å². The van der Waals surface area contributed by atoms with Gasteiger partial charge in [0, 0.05) is 0 Å². The Kier molecular flexibility index (Phi) is 4.17. The Morgan fingerprint density at radius 1 is 1.47 bits per heavy atom. The molecule has 0 saturated heterocycles. The van der Waals surface area contributed by atoms with Gasteiger partial charge in [-0.3, -0.25) is 10.1 Å². The molecule has 0 aromatic heterocycles. The number of nitrogens with zero attached hydrogens (tertiary/aromatic N) is 1. The molecule has 0 aliphatic rings. The van der Waals surface area contributed by atoms with Crippen molar-refractivity contribution in [2.75, 3.05) is 5.32 Å². The number of rotatable bonds is 2. The summed E-state index contributed by atoms with van der Waals surface area (Å²) in [7, 11) is 0. The highest BCUT2D eigenvalue weighted by Gasteiger charge is 2.09. The Hall–Kier alpha value is -2.42. The predicted octanol–water partition coefficient (Wildman–Crippen LogP) is 1.70. The van der Waals surface area contributed by atoms with E-state index in [2.05, 4.69) is 5.32 Å². The van der Waals surface area contributed by atoms with E-state index in [0.29, 0.717) is 5.56 Å². The molecule has 0 bridgehead atoms. The average molecular weight is 235 g/mol. The second kappa shape index (κ2) is 5.61. The summed E-state index contributed by atoms with van der Waals surface area (Å²) in [5, 5.41) is 12.3. The number of amides is 3. The van der Waals surface area contributed by atoms with Gasteiger partial charge in [0.15, 0.2) is 0 Å². The summed E-state index contributed by atoms with van der Waals surface area (Å²) < 4.78 is 13.3. The molecule has 0 atom stereocenters. The molecule has 1 aromatic rings. The summed E-state index contributed by atoms with van der Waals surface area (Å²) in [5.74, 6) is -1.33. The van der Waals surface area contributed by atoms with E-state index in [1.165, 1.54) is 12.1 Å². The summed E-state index contributed by atoms with van der Waals surface area (Å²) in [6.45, 7) is 1.71. The molecule has 0 aliphatic heterocycles. The number of anilines is 1. The smallest absolute Gasteiger partial charge is 0.305 e. The maximum absolute atomic E-state index is 13.3. The molecular weight excluding hydrogens is 225 g/mol. The van der Waals surface area contributed by atoms with Gasteiger partial charge in [-0.05, 0) is 24.6 Å². The minimum atomic E-state index is -0.868. The highest BCUT2D eigenvalue weighted by atomic mass is 19.1. The number of carbonyl (C=O) groups excluding carboxylic acids is 2. The zero-order chi connectivity index (χ0) is 12.8. The van der Waals surface area contributed by atoms with Crippen LogP contribution in [-0.4, -0.2) is 11.9 Å². The second-order valence-corrected chi connectivity index (χ2v) is 3.32. The number of benzene rings is 1. The molecule has 0 fully saturated rings. The van der Waals surface area contributed by atoms with Crippen LogP contribution >= 0.6 is 0 Å². The number of halogens is 1. The first kappa shape index (κ1) is 12.6. The van der Waals surface area contributed by atoms with E-state index in [1.807, 2.05) is 5.32 Å². The highest BCUT2D eigenvalue weighted by Crippen LogP contribution is 2.14. The number of hydrogen-bond acceptors (Lipinski definition) is 3. The third-order valence-electron chi connectivity index (χ3n) is 1.87. The zero-order valence-electron chi connectivity index (χ0n) is 9.08. The lowest BCUT2D eigenvalue weighted by Gasteiger charge is -2.06. The van der Waals surface area contributed by atoms with Crippen LogP contribution in [-0.2, 0) is 4.79 Å². The Balaban J connectivity index is 2.63. The standard InChI is InChI=1S/C11H10FN3O2/c1-7-2-3-9(8(12)6-7)14-11(17)15-10(16)4-5-13/h2-3,6H,4H2,1H3,(H2,14,15,16,17). The van der Waals surface area contributed by atoms with Crippen molar-refractivity contribution < 1.29 is 14.0 Å². The molecule has 1 aromatic carbocycles. The monoisotopic (exact) mass is 235 g/mol. The lowest BCUT2D eigenvalue weighted by molar-refractivity contribution is -0.118. The van der Waals surface area contributed by atoms with Crippen LogP contribution in [0.3, 0.4) is 0 Å². The molecule has 17 heavy (non-hydrogen) atoms. The SMILES string of the molecule is Cc1ccc(NC(=O)NC(=O)CC#N)c(F)c1. The van der Waals surface area contributed by atoms with E-state index in [-0.39, 0.29) is 5.69 Å². The van der Waals surface area contributed by atoms with Crippen molar-refractivity contribution in [2.45, 2.75) is 13.3 Å². The number of aryl methyl sites for hydroxylation is 1. The number of nitriles is 1. The second-order valence-electron chi connectivity index (χ2n) is 3.32. The van der Waals surface area contributed by atoms with Crippen LogP contribution in [0.5, 0.6) is 0 Å². The fourth-order valence-electron chi connectivity index (χ4n) is 1.12. The zero-order valence-corrected chi connectivity index (χ0v) is 9.08. The molecule has 0 saturated carbocycles. The van der Waals surface area contributed by atoms with Gasteiger partial charge >= 0.3 is 6.03 Å². The van der Waals surface area contributed by atoms with Gasteiger partial charge in [-0.25, -0.2) is 9.18 Å². The third-order valence-corrected chi connectivity index (χ3v) is 1.87.